The van der Waals surface area contributed by atoms with Crippen molar-refractivity contribution < 1.29 is 17.9 Å². The fourth-order valence-electron chi connectivity index (χ4n) is 2.68. The number of hydrogen-bond donors (Lipinski definition) is 0. The van der Waals surface area contributed by atoms with Crippen molar-refractivity contribution in [1.29, 1.82) is 0 Å². The third-order valence-electron chi connectivity index (χ3n) is 4.02. The number of sulfonamides is 1. The van der Waals surface area contributed by atoms with Crippen LogP contribution in [-0.4, -0.2) is 52.5 Å². The van der Waals surface area contributed by atoms with Crippen LogP contribution in [0.4, 0.5) is 5.69 Å². The molecule has 1 aliphatic rings. The molecule has 25 heavy (non-hydrogen) atoms. The Hall–Kier alpha value is -1.57. The summed E-state index contributed by atoms with van der Waals surface area (Å²) in [6.45, 7) is 5.01. The molecule has 0 saturated carbocycles. The SMILES string of the molecule is C=C(Cl)COC(=O)c1cc(S(=O)(=O)N(C)C)ccc1N1CCCCC1. The summed E-state index contributed by atoms with van der Waals surface area (Å²) >= 11 is 5.66. The Balaban J connectivity index is 2.44. The third-order valence-corrected chi connectivity index (χ3v) is 5.94. The van der Waals surface area contributed by atoms with E-state index in [2.05, 4.69) is 11.5 Å². The van der Waals surface area contributed by atoms with Crippen molar-refractivity contribution >= 4 is 33.3 Å². The molecule has 0 aromatic heterocycles. The monoisotopic (exact) mass is 386 g/mol. The van der Waals surface area contributed by atoms with E-state index in [0.717, 1.165) is 36.7 Å². The van der Waals surface area contributed by atoms with Crippen molar-refractivity contribution in [2.45, 2.75) is 24.2 Å². The molecule has 0 amide bonds. The molecule has 1 fully saturated rings. The summed E-state index contributed by atoms with van der Waals surface area (Å²) in [6.07, 6.45) is 3.21. The van der Waals surface area contributed by atoms with Crippen LogP contribution >= 0.6 is 11.6 Å². The Labute approximate surface area is 154 Å². The van der Waals surface area contributed by atoms with Crippen molar-refractivity contribution in [2.24, 2.45) is 0 Å². The first-order valence-corrected chi connectivity index (χ1v) is 9.87. The number of nitrogens with zero attached hydrogens (tertiary/aromatic N) is 2. The van der Waals surface area contributed by atoms with E-state index in [9.17, 15) is 13.2 Å². The second-order valence-corrected chi connectivity index (χ2v) is 8.79. The Morgan fingerprint density at radius 3 is 2.48 bits per heavy atom. The van der Waals surface area contributed by atoms with Gasteiger partial charge < -0.3 is 9.64 Å². The number of hydrogen-bond acceptors (Lipinski definition) is 5. The molecule has 1 aromatic carbocycles. The molecule has 0 radical (unpaired) electrons. The number of piperidine rings is 1. The second-order valence-electron chi connectivity index (χ2n) is 6.11. The van der Waals surface area contributed by atoms with Gasteiger partial charge in [0, 0.05) is 32.2 Å². The van der Waals surface area contributed by atoms with Gasteiger partial charge in [-0.2, -0.15) is 0 Å². The summed E-state index contributed by atoms with van der Waals surface area (Å²) in [5.74, 6) is -0.613. The van der Waals surface area contributed by atoms with Crippen molar-refractivity contribution in [2.75, 3.05) is 38.7 Å². The molecule has 0 atom stereocenters. The number of benzene rings is 1. The van der Waals surface area contributed by atoms with E-state index >= 15 is 0 Å². The van der Waals surface area contributed by atoms with Crippen LogP contribution in [-0.2, 0) is 14.8 Å². The predicted molar refractivity (Wildman–Crippen MR) is 98.7 cm³/mol. The number of rotatable bonds is 6. The smallest absolute Gasteiger partial charge is 0.340 e. The first-order valence-electron chi connectivity index (χ1n) is 8.05. The van der Waals surface area contributed by atoms with Crippen LogP contribution in [0.25, 0.3) is 0 Å². The lowest BCUT2D eigenvalue weighted by molar-refractivity contribution is 0.0546. The van der Waals surface area contributed by atoms with Gasteiger partial charge in [0.15, 0.2) is 0 Å². The van der Waals surface area contributed by atoms with Gasteiger partial charge in [-0.15, -0.1) is 0 Å². The van der Waals surface area contributed by atoms with E-state index in [4.69, 9.17) is 16.3 Å². The maximum atomic E-state index is 12.5. The van der Waals surface area contributed by atoms with Crippen molar-refractivity contribution in [3.05, 3.63) is 35.4 Å². The minimum absolute atomic E-state index is 0.0508. The molecular weight excluding hydrogens is 364 g/mol. The van der Waals surface area contributed by atoms with Gasteiger partial charge in [-0.05, 0) is 37.5 Å². The molecular formula is C17H23ClN2O4S. The fraction of sp³-hybridized carbons (Fsp3) is 0.471. The number of carbonyl (C=O) groups excluding carboxylic acids is 1. The van der Waals surface area contributed by atoms with Crippen LogP contribution in [0.2, 0.25) is 0 Å². The molecule has 138 valence electrons. The molecule has 0 bridgehead atoms. The minimum atomic E-state index is -3.65. The van der Waals surface area contributed by atoms with Gasteiger partial charge >= 0.3 is 5.97 Å². The van der Waals surface area contributed by atoms with E-state index < -0.39 is 16.0 Å². The second kappa shape index (κ2) is 8.21. The summed E-state index contributed by atoms with van der Waals surface area (Å²) in [4.78, 5) is 14.6. The zero-order chi connectivity index (χ0) is 18.6. The molecule has 6 nitrogen and oxygen atoms in total. The standard InChI is InChI=1S/C17H23ClN2O4S/c1-13(18)12-24-17(21)15-11-14(25(22,23)19(2)3)7-8-16(15)20-9-5-4-6-10-20/h7-8,11H,1,4-6,9-10,12H2,2-3H3. The number of anilines is 1. The Morgan fingerprint density at radius 1 is 1.28 bits per heavy atom. The van der Waals surface area contributed by atoms with Crippen LogP contribution in [0.15, 0.2) is 34.7 Å². The number of esters is 1. The van der Waals surface area contributed by atoms with Gasteiger partial charge in [0.1, 0.15) is 6.61 Å². The summed E-state index contributed by atoms with van der Waals surface area (Å²) < 4.78 is 31.0. The summed E-state index contributed by atoms with van der Waals surface area (Å²) in [6, 6.07) is 4.57. The van der Waals surface area contributed by atoms with Crippen molar-refractivity contribution in [3.8, 4) is 0 Å². The van der Waals surface area contributed by atoms with Crippen LogP contribution in [0.5, 0.6) is 0 Å². The maximum Gasteiger partial charge on any atom is 0.340 e. The molecule has 1 aliphatic heterocycles. The molecule has 1 saturated heterocycles. The van der Waals surface area contributed by atoms with Crippen LogP contribution in [0.3, 0.4) is 0 Å². The van der Waals surface area contributed by atoms with E-state index in [1.165, 1.54) is 26.2 Å². The Kier molecular flexibility index (Phi) is 6.48. The van der Waals surface area contributed by atoms with Gasteiger partial charge in [0.25, 0.3) is 0 Å². The largest absolute Gasteiger partial charge is 0.456 e. The molecule has 0 aliphatic carbocycles. The van der Waals surface area contributed by atoms with Crippen molar-refractivity contribution in [1.82, 2.24) is 4.31 Å². The van der Waals surface area contributed by atoms with Crippen LogP contribution in [0, 0.1) is 0 Å². The molecule has 0 unspecified atom stereocenters. The maximum absolute atomic E-state index is 12.5. The normalized spacial score (nSPS) is 15.3. The zero-order valence-electron chi connectivity index (χ0n) is 14.5. The molecule has 0 N–H and O–H groups in total. The summed E-state index contributed by atoms with van der Waals surface area (Å²) in [5, 5.41) is 0.199. The van der Waals surface area contributed by atoms with Gasteiger partial charge in [-0.3, -0.25) is 0 Å². The number of carbonyl (C=O) groups is 1. The molecule has 1 heterocycles. The lowest BCUT2D eigenvalue weighted by atomic mass is 10.1. The van der Waals surface area contributed by atoms with Crippen molar-refractivity contribution in [3.63, 3.8) is 0 Å². The lowest BCUT2D eigenvalue weighted by Gasteiger charge is -2.30. The highest BCUT2D eigenvalue weighted by Gasteiger charge is 2.24. The van der Waals surface area contributed by atoms with Gasteiger partial charge in [0.05, 0.1) is 16.1 Å². The average Bonchev–Trinajstić information content (AvgIpc) is 2.59. The minimum Gasteiger partial charge on any atom is -0.456 e. The molecule has 2 rings (SSSR count). The first-order chi connectivity index (χ1) is 11.7. The highest BCUT2D eigenvalue weighted by molar-refractivity contribution is 7.89. The van der Waals surface area contributed by atoms with Gasteiger partial charge in [-0.1, -0.05) is 18.2 Å². The summed E-state index contributed by atoms with van der Waals surface area (Å²) in [7, 11) is -0.753. The number of halogens is 1. The van der Waals surface area contributed by atoms with Gasteiger partial charge in [-0.25, -0.2) is 17.5 Å². The lowest BCUT2D eigenvalue weighted by Crippen LogP contribution is -2.31. The number of ether oxygens (including phenoxy) is 1. The Morgan fingerprint density at radius 2 is 1.92 bits per heavy atom. The zero-order valence-corrected chi connectivity index (χ0v) is 16.1. The van der Waals surface area contributed by atoms with E-state index in [1.807, 2.05) is 0 Å². The van der Waals surface area contributed by atoms with E-state index in [0.29, 0.717) is 5.69 Å². The third kappa shape index (κ3) is 4.74. The highest BCUT2D eigenvalue weighted by atomic mass is 35.5. The molecule has 0 spiro atoms. The van der Waals surface area contributed by atoms with Crippen LogP contribution < -0.4 is 4.90 Å². The Bertz CT molecular complexity index is 756. The first kappa shape index (κ1) is 19.8. The topological polar surface area (TPSA) is 66.9 Å². The van der Waals surface area contributed by atoms with Crippen LogP contribution in [0.1, 0.15) is 29.6 Å². The highest BCUT2D eigenvalue weighted by Crippen LogP contribution is 2.28. The average molecular weight is 387 g/mol. The van der Waals surface area contributed by atoms with Gasteiger partial charge in [0.2, 0.25) is 10.0 Å². The quantitative estimate of drug-likeness (QED) is 0.703. The molecule has 8 heteroatoms. The predicted octanol–water partition coefficient (Wildman–Crippen LogP) is 2.84. The van der Waals surface area contributed by atoms with E-state index in [1.54, 1.807) is 6.07 Å². The fourth-order valence-corrected chi connectivity index (χ4v) is 3.67. The molecule has 1 aromatic rings. The van der Waals surface area contributed by atoms with E-state index in [-0.39, 0.29) is 22.1 Å². The summed E-state index contributed by atoms with van der Waals surface area (Å²) in [5.41, 5.74) is 0.908.